The Morgan fingerprint density at radius 1 is 1.23 bits per heavy atom. The van der Waals surface area contributed by atoms with Crippen LogP contribution < -0.4 is 14.8 Å². The van der Waals surface area contributed by atoms with E-state index >= 15 is 0 Å². The number of benzene rings is 2. The molecule has 0 aliphatic heterocycles. The van der Waals surface area contributed by atoms with Gasteiger partial charge < -0.3 is 14.8 Å². The van der Waals surface area contributed by atoms with E-state index in [4.69, 9.17) is 21.1 Å². The molecule has 0 heterocycles. The lowest BCUT2D eigenvalue weighted by molar-refractivity contribution is -0.120. The second kappa shape index (κ2) is 9.46. The quantitative estimate of drug-likeness (QED) is 0.749. The van der Waals surface area contributed by atoms with E-state index in [-0.39, 0.29) is 11.9 Å². The lowest BCUT2D eigenvalue weighted by atomic mass is 10.1. The number of anilines is 1. The van der Waals surface area contributed by atoms with E-state index in [2.05, 4.69) is 5.32 Å². The van der Waals surface area contributed by atoms with E-state index in [0.717, 1.165) is 5.56 Å². The summed E-state index contributed by atoms with van der Waals surface area (Å²) < 4.78 is 10.9. The Morgan fingerprint density at radius 3 is 2.62 bits per heavy atom. The van der Waals surface area contributed by atoms with Crippen molar-refractivity contribution in [1.82, 2.24) is 4.90 Å². The minimum absolute atomic E-state index is 0.112. The number of nitrogens with one attached hydrogen (secondary N) is 1. The first-order chi connectivity index (χ1) is 12.5. The average Bonchev–Trinajstić information content (AvgIpc) is 2.64. The standard InChI is InChI=1S/C20H25ClN2O3/c1-5-26-18-11-10-15(12-19(18)25-4)13-23(3)14(2)20(24)22-17-9-7-6-8-16(17)21/h6-12,14H,5,13H2,1-4H3,(H,22,24)/t14-/m0/s1. The van der Waals surface area contributed by atoms with Crippen LogP contribution in [0.4, 0.5) is 5.69 Å². The number of ether oxygens (including phenoxy) is 2. The Bertz CT molecular complexity index is 752. The molecular formula is C20H25ClN2O3. The molecule has 0 aliphatic rings. The van der Waals surface area contributed by atoms with Crippen LogP contribution in [0.2, 0.25) is 5.02 Å². The van der Waals surface area contributed by atoms with Crippen LogP contribution in [0.5, 0.6) is 11.5 Å². The van der Waals surface area contributed by atoms with Gasteiger partial charge in [0.15, 0.2) is 11.5 Å². The van der Waals surface area contributed by atoms with E-state index in [1.807, 2.05) is 56.1 Å². The molecule has 26 heavy (non-hydrogen) atoms. The summed E-state index contributed by atoms with van der Waals surface area (Å²) in [6.07, 6.45) is 0. The summed E-state index contributed by atoms with van der Waals surface area (Å²) in [5.74, 6) is 1.29. The highest BCUT2D eigenvalue weighted by Gasteiger charge is 2.19. The highest BCUT2D eigenvalue weighted by molar-refractivity contribution is 6.33. The molecule has 2 aromatic rings. The third-order valence-corrected chi connectivity index (χ3v) is 4.46. The number of halogens is 1. The number of nitrogens with zero attached hydrogens (tertiary/aromatic N) is 1. The van der Waals surface area contributed by atoms with Gasteiger partial charge in [-0.1, -0.05) is 29.8 Å². The van der Waals surface area contributed by atoms with Crippen molar-refractivity contribution in [2.24, 2.45) is 0 Å². The highest BCUT2D eigenvalue weighted by atomic mass is 35.5. The van der Waals surface area contributed by atoms with Gasteiger partial charge in [0.25, 0.3) is 0 Å². The van der Waals surface area contributed by atoms with Crippen molar-refractivity contribution in [2.45, 2.75) is 26.4 Å². The monoisotopic (exact) mass is 376 g/mol. The molecular weight excluding hydrogens is 352 g/mol. The molecule has 0 saturated carbocycles. The summed E-state index contributed by atoms with van der Waals surface area (Å²) in [5, 5.41) is 3.39. The molecule has 0 aromatic heterocycles. The van der Waals surface area contributed by atoms with Gasteiger partial charge in [-0.2, -0.15) is 0 Å². The van der Waals surface area contributed by atoms with E-state index in [0.29, 0.717) is 35.4 Å². The van der Waals surface area contributed by atoms with Crippen molar-refractivity contribution in [3.63, 3.8) is 0 Å². The SMILES string of the molecule is CCOc1ccc(CN(C)[C@@H](C)C(=O)Nc2ccccc2Cl)cc1OC. The molecule has 2 aromatic carbocycles. The lowest BCUT2D eigenvalue weighted by Crippen LogP contribution is -2.39. The molecule has 140 valence electrons. The minimum Gasteiger partial charge on any atom is -0.493 e. The van der Waals surface area contributed by atoms with Crippen LogP contribution in [0.25, 0.3) is 0 Å². The maximum absolute atomic E-state index is 12.5. The number of rotatable bonds is 8. The Morgan fingerprint density at radius 2 is 1.96 bits per heavy atom. The minimum atomic E-state index is -0.330. The van der Waals surface area contributed by atoms with E-state index in [9.17, 15) is 4.79 Å². The zero-order valence-corrected chi connectivity index (χ0v) is 16.3. The van der Waals surface area contributed by atoms with Crippen LogP contribution >= 0.6 is 11.6 Å². The molecule has 1 amide bonds. The molecule has 5 nitrogen and oxygen atoms in total. The smallest absolute Gasteiger partial charge is 0.241 e. The Labute approximate surface area is 159 Å². The highest BCUT2D eigenvalue weighted by Crippen LogP contribution is 2.28. The van der Waals surface area contributed by atoms with E-state index in [1.54, 1.807) is 19.2 Å². The number of para-hydroxylation sites is 1. The van der Waals surface area contributed by atoms with Crippen LogP contribution in [0.3, 0.4) is 0 Å². The maximum atomic E-state index is 12.5. The molecule has 1 atom stereocenters. The van der Waals surface area contributed by atoms with Crippen LogP contribution in [0.15, 0.2) is 42.5 Å². The molecule has 0 bridgehead atoms. The first-order valence-corrected chi connectivity index (χ1v) is 8.89. The van der Waals surface area contributed by atoms with Gasteiger partial charge >= 0.3 is 0 Å². The van der Waals surface area contributed by atoms with E-state index < -0.39 is 0 Å². The molecule has 0 unspecified atom stereocenters. The number of carbonyl (C=O) groups is 1. The molecule has 2 rings (SSSR count). The third kappa shape index (κ3) is 5.13. The first kappa shape index (κ1) is 20.1. The van der Waals surface area contributed by atoms with Gasteiger partial charge in [-0.3, -0.25) is 9.69 Å². The number of amides is 1. The van der Waals surface area contributed by atoms with Crippen molar-refractivity contribution >= 4 is 23.2 Å². The van der Waals surface area contributed by atoms with Crippen molar-refractivity contribution in [3.8, 4) is 11.5 Å². The number of carbonyl (C=O) groups excluding carboxylic acids is 1. The summed E-state index contributed by atoms with van der Waals surface area (Å²) in [5.41, 5.74) is 1.65. The van der Waals surface area contributed by atoms with Gasteiger partial charge in [-0.25, -0.2) is 0 Å². The van der Waals surface area contributed by atoms with Gasteiger partial charge in [0.2, 0.25) is 5.91 Å². The van der Waals surface area contributed by atoms with Gasteiger partial charge in [0.1, 0.15) is 0 Å². The second-order valence-corrected chi connectivity index (χ2v) is 6.39. The lowest BCUT2D eigenvalue weighted by Gasteiger charge is -2.24. The van der Waals surface area contributed by atoms with Crippen LogP contribution in [-0.4, -0.2) is 37.6 Å². The second-order valence-electron chi connectivity index (χ2n) is 5.98. The summed E-state index contributed by atoms with van der Waals surface area (Å²) in [6.45, 7) is 4.97. The van der Waals surface area contributed by atoms with Gasteiger partial charge in [-0.05, 0) is 50.7 Å². The Kier molecular flexibility index (Phi) is 7.30. The van der Waals surface area contributed by atoms with Crippen molar-refractivity contribution in [1.29, 1.82) is 0 Å². The third-order valence-electron chi connectivity index (χ3n) is 4.13. The normalized spacial score (nSPS) is 11.9. The molecule has 0 fully saturated rings. The maximum Gasteiger partial charge on any atom is 0.241 e. The predicted molar refractivity (Wildman–Crippen MR) is 105 cm³/mol. The Balaban J connectivity index is 2.03. The first-order valence-electron chi connectivity index (χ1n) is 8.51. The van der Waals surface area contributed by atoms with E-state index in [1.165, 1.54) is 0 Å². The molecule has 1 N–H and O–H groups in total. The number of hydrogen-bond acceptors (Lipinski definition) is 4. The fraction of sp³-hybridized carbons (Fsp3) is 0.350. The average molecular weight is 377 g/mol. The van der Waals surface area contributed by atoms with Crippen molar-refractivity contribution in [2.75, 3.05) is 26.1 Å². The van der Waals surface area contributed by atoms with Crippen LogP contribution in [0.1, 0.15) is 19.4 Å². The molecule has 0 radical (unpaired) electrons. The number of hydrogen-bond donors (Lipinski definition) is 1. The molecule has 0 aliphatic carbocycles. The van der Waals surface area contributed by atoms with Gasteiger partial charge in [0, 0.05) is 6.54 Å². The zero-order valence-electron chi connectivity index (χ0n) is 15.6. The summed E-state index contributed by atoms with van der Waals surface area (Å²) in [4.78, 5) is 14.5. The number of likely N-dealkylation sites (N-methyl/N-ethyl adjacent to an activating group) is 1. The van der Waals surface area contributed by atoms with Gasteiger partial charge in [-0.15, -0.1) is 0 Å². The molecule has 0 saturated heterocycles. The zero-order chi connectivity index (χ0) is 19.1. The largest absolute Gasteiger partial charge is 0.493 e. The molecule has 6 heteroatoms. The van der Waals surface area contributed by atoms with Crippen LogP contribution in [0, 0.1) is 0 Å². The predicted octanol–water partition coefficient (Wildman–Crippen LogP) is 4.21. The van der Waals surface area contributed by atoms with Gasteiger partial charge in [0.05, 0.1) is 30.5 Å². The van der Waals surface area contributed by atoms with Crippen molar-refractivity contribution < 1.29 is 14.3 Å². The fourth-order valence-electron chi connectivity index (χ4n) is 2.51. The topological polar surface area (TPSA) is 50.8 Å². The summed E-state index contributed by atoms with van der Waals surface area (Å²) >= 11 is 6.10. The Hall–Kier alpha value is -2.24. The summed E-state index contributed by atoms with van der Waals surface area (Å²) in [7, 11) is 3.52. The number of methoxy groups -OCH3 is 1. The molecule has 0 spiro atoms. The van der Waals surface area contributed by atoms with Crippen molar-refractivity contribution in [3.05, 3.63) is 53.1 Å². The fourth-order valence-corrected chi connectivity index (χ4v) is 2.69. The summed E-state index contributed by atoms with van der Waals surface area (Å²) in [6, 6.07) is 12.7. The van der Waals surface area contributed by atoms with Crippen LogP contribution in [-0.2, 0) is 11.3 Å².